The number of H-pyrrole nitrogens is 1. The van der Waals surface area contributed by atoms with Crippen molar-refractivity contribution in [1.82, 2.24) is 10.2 Å². The van der Waals surface area contributed by atoms with Crippen LogP contribution in [0.1, 0.15) is 12.6 Å². The van der Waals surface area contributed by atoms with Gasteiger partial charge in [0.05, 0.1) is 5.69 Å². The fraction of sp³-hybridized carbons (Fsp3) is 0.100. The Bertz CT molecular complexity index is 310. The highest BCUT2D eigenvalue weighted by Crippen LogP contribution is 2.17. The molecule has 0 aliphatic rings. The highest BCUT2D eigenvalue weighted by Gasteiger charge is 1.88. The molecular weight excluding hydrogens is 180 g/mol. The zero-order valence-electron chi connectivity index (χ0n) is 7.53. The highest BCUT2D eigenvalue weighted by atomic mass is 32.2. The van der Waals surface area contributed by atoms with Crippen LogP contribution in [-0.2, 0) is 0 Å². The molecule has 0 unspecified atom stereocenters. The van der Waals surface area contributed by atoms with Crippen LogP contribution >= 0.6 is 11.8 Å². The summed E-state index contributed by atoms with van der Waals surface area (Å²) in [6, 6.07) is 1.92. The summed E-state index contributed by atoms with van der Waals surface area (Å²) in [7, 11) is 0. The second-order valence-electron chi connectivity index (χ2n) is 2.32. The Morgan fingerprint density at radius 3 is 3.08 bits per heavy atom. The van der Waals surface area contributed by atoms with E-state index in [-0.39, 0.29) is 0 Å². The number of hydrogen-bond acceptors (Lipinski definition) is 2. The molecule has 0 bridgehead atoms. The van der Waals surface area contributed by atoms with Gasteiger partial charge in [0.15, 0.2) is 0 Å². The Kier molecular flexibility index (Phi) is 4.12. The summed E-state index contributed by atoms with van der Waals surface area (Å²) in [6.07, 6.45) is 7.79. The monoisotopic (exact) mass is 192 g/mol. The lowest BCUT2D eigenvalue weighted by molar-refractivity contribution is 1.08. The first kappa shape index (κ1) is 9.86. The van der Waals surface area contributed by atoms with Crippen molar-refractivity contribution in [2.75, 3.05) is 0 Å². The Hall–Kier alpha value is -1.22. The van der Waals surface area contributed by atoms with E-state index in [1.165, 1.54) is 4.91 Å². The van der Waals surface area contributed by atoms with E-state index in [2.05, 4.69) is 16.8 Å². The predicted octanol–water partition coefficient (Wildman–Crippen LogP) is 3.20. The SMILES string of the molecule is C=CSC(=C\C)/C=C/c1ccn[nH]1. The van der Waals surface area contributed by atoms with Crippen LogP contribution in [0.4, 0.5) is 0 Å². The minimum atomic E-state index is 1.00. The first-order valence-corrected chi connectivity index (χ1v) is 4.86. The van der Waals surface area contributed by atoms with Gasteiger partial charge in [-0.3, -0.25) is 5.10 Å². The maximum absolute atomic E-state index is 3.85. The van der Waals surface area contributed by atoms with Gasteiger partial charge in [0.1, 0.15) is 0 Å². The van der Waals surface area contributed by atoms with Crippen molar-refractivity contribution >= 4 is 17.8 Å². The molecule has 0 amide bonds. The number of nitrogens with one attached hydrogen (secondary N) is 1. The van der Waals surface area contributed by atoms with E-state index in [1.54, 1.807) is 18.0 Å². The van der Waals surface area contributed by atoms with Gasteiger partial charge in [-0.1, -0.05) is 24.4 Å². The minimum Gasteiger partial charge on any atom is -0.278 e. The zero-order valence-corrected chi connectivity index (χ0v) is 8.34. The molecule has 0 spiro atoms. The summed E-state index contributed by atoms with van der Waals surface area (Å²) in [5, 5.41) is 8.52. The topological polar surface area (TPSA) is 28.7 Å². The third-order valence-corrected chi connectivity index (χ3v) is 2.26. The maximum atomic E-state index is 3.85. The van der Waals surface area contributed by atoms with E-state index in [4.69, 9.17) is 0 Å². The number of allylic oxidation sites excluding steroid dienone is 2. The highest BCUT2D eigenvalue weighted by molar-refractivity contribution is 8.06. The molecule has 0 aliphatic heterocycles. The summed E-state index contributed by atoms with van der Waals surface area (Å²) < 4.78 is 0. The summed E-state index contributed by atoms with van der Waals surface area (Å²) in [5.41, 5.74) is 1.00. The summed E-state index contributed by atoms with van der Waals surface area (Å²) in [4.78, 5) is 1.17. The molecule has 0 aliphatic carbocycles. The normalized spacial score (nSPS) is 12.2. The molecule has 1 aromatic heterocycles. The van der Waals surface area contributed by atoms with Crippen LogP contribution in [0.5, 0.6) is 0 Å². The molecule has 68 valence electrons. The average molecular weight is 192 g/mol. The maximum Gasteiger partial charge on any atom is 0.0578 e. The van der Waals surface area contributed by atoms with Gasteiger partial charge in [-0.15, -0.1) is 0 Å². The first-order chi connectivity index (χ1) is 6.36. The van der Waals surface area contributed by atoms with Crippen molar-refractivity contribution in [3.05, 3.63) is 47.0 Å². The van der Waals surface area contributed by atoms with Gasteiger partial charge in [0.2, 0.25) is 0 Å². The van der Waals surface area contributed by atoms with Gasteiger partial charge in [0, 0.05) is 11.1 Å². The number of hydrogen-bond donors (Lipinski definition) is 1. The standard InChI is InChI=1S/C10H12N2S/c1-3-10(13-4-2)6-5-9-7-8-11-12-9/h3-8H,2H2,1H3,(H,11,12)/b6-5+,10-3-. The van der Waals surface area contributed by atoms with Gasteiger partial charge in [0.25, 0.3) is 0 Å². The second-order valence-corrected chi connectivity index (χ2v) is 3.36. The van der Waals surface area contributed by atoms with Gasteiger partial charge in [-0.25, -0.2) is 0 Å². The molecule has 1 heterocycles. The molecule has 0 atom stereocenters. The van der Waals surface area contributed by atoms with Crippen LogP contribution in [0, 0.1) is 0 Å². The van der Waals surface area contributed by atoms with Crippen molar-refractivity contribution < 1.29 is 0 Å². The van der Waals surface area contributed by atoms with E-state index in [0.717, 1.165) is 5.69 Å². The predicted molar refractivity (Wildman–Crippen MR) is 59.2 cm³/mol. The molecular formula is C10H12N2S. The molecule has 1 rings (SSSR count). The molecule has 1 N–H and O–H groups in total. The van der Waals surface area contributed by atoms with Crippen molar-refractivity contribution in [2.24, 2.45) is 0 Å². The van der Waals surface area contributed by atoms with Crippen LogP contribution in [0.3, 0.4) is 0 Å². The Morgan fingerprint density at radius 2 is 2.54 bits per heavy atom. The number of nitrogens with zero attached hydrogens (tertiary/aromatic N) is 1. The van der Waals surface area contributed by atoms with E-state index < -0.39 is 0 Å². The molecule has 0 radical (unpaired) electrons. The van der Waals surface area contributed by atoms with Crippen molar-refractivity contribution in [2.45, 2.75) is 6.92 Å². The largest absolute Gasteiger partial charge is 0.278 e. The number of rotatable bonds is 4. The molecule has 1 aromatic rings. The molecule has 0 saturated carbocycles. The van der Waals surface area contributed by atoms with Crippen LogP contribution in [0.25, 0.3) is 6.08 Å². The van der Waals surface area contributed by atoms with Gasteiger partial charge in [-0.2, -0.15) is 5.10 Å². The van der Waals surface area contributed by atoms with Crippen LogP contribution in [0.15, 0.2) is 41.3 Å². The van der Waals surface area contributed by atoms with Crippen molar-refractivity contribution in [3.63, 3.8) is 0 Å². The number of aromatic nitrogens is 2. The van der Waals surface area contributed by atoms with Crippen LogP contribution in [0.2, 0.25) is 0 Å². The van der Waals surface area contributed by atoms with Crippen LogP contribution < -0.4 is 0 Å². The first-order valence-electron chi connectivity index (χ1n) is 3.98. The van der Waals surface area contributed by atoms with E-state index in [0.29, 0.717) is 0 Å². The van der Waals surface area contributed by atoms with Gasteiger partial charge in [-0.05, 0) is 30.6 Å². The van der Waals surface area contributed by atoms with Crippen molar-refractivity contribution in [3.8, 4) is 0 Å². The van der Waals surface area contributed by atoms with Gasteiger partial charge < -0.3 is 0 Å². The Morgan fingerprint density at radius 1 is 1.69 bits per heavy atom. The van der Waals surface area contributed by atoms with Crippen LogP contribution in [-0.4, -0.2) is 10.2 Å². The number of aromatic amines is 1. The lowest BCUT2D eigenvalue weighted by Gasteiger charge is -1.93. The lowest BCUT2D eigenvalue weighted by Crippen LogP contribution is -1.71. The molecule has 2 nitrogen and oxygen atoms in total. The molecule has 0 aromatic carbocycles. The van der Waals surface area contributed by atoms with E-state index >= 15 is 0 Å². The van der Waals surface area contributed by atoms with Gasteiger partial charge >= 0.3 is 0 Å². The smallest absolute Gasteiger partial charge is 0.0578 e. The fourth-order valence-corrected chi connectivity index (χ4v) is 1.31. The zero-order chi connectivity index (χ0) is 9.52. The summed E-state index contributed by atoms with van der Waals surface area (Å²) in [5.74, 6) is 0. The summed E-state index contributed by atoms with van der Waals surface area (Å²) >= 11 is 1.60. The average Bonchev–Trinajstić information content (AvgIpc) is 2.64. The molecule has 0 fully saturated rings. The lowest BCUT2D eigenvalue weighted by atomic mass is 10.3. The molecule has 13 heavy (non-hydrogen) atoms. The Balaban J connectivity index is 2.61. The fourth-order valence-electron chi connectivity index (χ4n) is 0.831. The third kappa shape index (κ3) is 3.34. The second kappa shape index (κ2) is 5.43. The summed E-state index contributed by atoms with van der Waals surface area (Å²) in [6.45, 7) is 5.66. The minimum absolute atomic E-state index is 1.00. The quantitative estimate of drug-likeness (QED) is 0.742. The molecule has 3 heteroatoms. The van der Waals surface area contributed by atoms with Crippen molar-refractivity contribution in [1.29, 1.82) is 0 Å². The van der Waals surface area contributed by atoms with E-state index in [9.17, 15) is 0 Å². The molecule has 0 saturated heterocycles. The Labute approximate surface area is 82.4 Å². The van der Waals surface area contributed by atoms with E-state index in [1.807, 2.05) is 36.6 Å². The number of thioether (sulfide) groups is 1. The third-order valence-electron chi connectivity index (χ3n) is 1.45.